The van der Waals surface area contributed by atoms with E-state index in [4.69, 9.17) is 28.4 Å². The highest BCUT2D eigenvalue weighted by atomic mass is 16.8. The molecule has 0 aliphatic carbocycles. The van der Waals surface area contributed by atoms with Crippen molar-refractivity contribution in [2.24, 2.45) is 5.41 Å². The molecule has 0 aliphatic heterocycles. The minimum Gasteiger partial charge on any atom is -0.468 e. The van der Waals surface area contributed by atoms with Gasteiger partial charge in [0.1, 0.15) is 23.9 Å². The summed E-state index contributed by atoms with van der Waals surface area (Å²) in [5.74, 6) is -1.02. The van der Waals surface area contributed by atoms with Gasteiger partial charge >= 0.3 is 24.2 Å². The summed E-state index contributed by atoms with van der Waals surface area (Å²) in [4.78, 5) is 49.5. The monoisotopic (exact) mass is 581 g/mol. The Bertz CT molecular complexity index is 1040. The van der Waals surface area contributed by atoms with Gasteiger partial charge < -0.3 is 33.7 Å². The Balaban J connectivity index is 3.10. The number of hydrogen-bond acceptors (Lipinski definition) is 11. The third-order valence-electron chi connectivity index (χ3n) is 6.17. The van der Waals surface area contributed by atoms with E-state index in [0.717, 1.165) is 0 Å². The Hall–Kier alpha value is -3.34. The molecule has 0 bridgehead atoms. The molecule has 1 N–H and O–H groups in total. The third-order valence-corrected chi connectivity index (χ3v) is 6.17. The third kappa shape index (κ3) is 14.2. The number of carbonyl (C=O) groups is 4. The van der Waals surface area contributed by atoms with Gasteiger partial charge in [-0.1, -0.05) is 40.7 Å². The fourth-order valence-electron chi connectivity index (χ4n) is 3.16. The van der Waals surface area contributed by atoms with E-state index in [-0.39, 0.29) is 48.9 Å². The number of carbonyl (C=O) groups excluding carboxylic acids is 4. The number of hydrogen-bond donors (Lipinski definition) is 1. The van der Waals surface area contributed by atoms with Crippen LogP contribution in [0.2, 0.25) is 0 Å². The molecule has 0 radical (unpaired) electrons. The van der Waals surface area contributed by atoms with Gasteiger partial charge in [0.05, 0.1) is 13.5 Å². The van der Waals surface area contributed by atoms with Crippen LogP contribution in [0.5, 0.6) is 11.5 Å². The molecule has 0 unspecified atom stereocenters. The molecule has 0 aliphatic rings. The topological polar surface area (TPSA) is 136 Å². The largest absolute Gasteiger partial charge is 0.514 e. The predicted molar refractivity (Wildman–Crippen MR) is 152 cm³/mol. The van der Waals surface area contributed by atoms with E-state index < -0.39 is 35.5 Å². The fourth-order valence-corrected chi connectivity index (χ4v) is 3.16. The lowest BCUT2D eigenvalue weighted by Crippen LogP contribution is -2.41. The van der Waals surface area contributed by atoms with Gasteiger partial charge in [-0.15, -0.1) is 0 Å². The molecule has 41 heavy (non-hydrogen) atoms. The van der Waals surface area contributed by atoms with Crippen molar-refractivity contribution in [3.63, 3.8) is 0 Å². The molecular weight excluding hydrogens is 534 g/mol. The SMILES string of the molecule is CCC(C)(C)OC(=O)Oc1ccc(C[C@H](NCCOC(=O)CC(C)(C)C)C(=O)OC)cc1OC(=O)OC(C)(C)CC. The minimum atomic E-state index is -0.985. The first-order valence-electron chi connectivity index (χ1n) is 13.8. The van der Waals surface area contributed by atoms with Gasteiger partial charge in [0, 0.05) is 6.54 Å². The zero-order valence-corrected chi connectivity index (χ0v) is 26.1. The van der Waals surface area contributed by atoms with Gasteiger partial charge in [-0.2, -0.15) is 0 Å². The van der Waals surface area contributed by atoms with Crippen molar-refractivity contribution in [1.82, 2.24) is 5.32 Å². The van der Waals surface area contributed by atoms with E-state index in [1.54, 1.807) is 33.8 Å². The van der Waals surface area contributed by atoms with E-state index in [1.807, 2.05) is 34.6 Å². The van der Waals surface area contributed by atoms with Crippen molar-refractivity contribution in [2.75, 3.05) is 20.3 Å². The average molecular weight is 582 g/mol. The van der Waals surface area contributed by atoms with Gasteiger partial charge in [-0.25, -0.2) is 9.59 Å². The molecule has 1 rings (SSSR count). The Kier molecular flexibility index (Phi) is 13.6. The standard InChI is InChI=1S/C30H47NO10/c1-11-29(6,7)40-26(34)38-22-14-13-20(18-23(22)39-27(35)41-30(8,9)12-2)17-21(25(33)36-10)31-15-16-37-24(32)19-28(3,4)5/h13-14,18,21,31H,11-12,15-17,19H2,1-10H3/t21-/m0/s1. The summed E-state index contributed by atoms with van der Waals surface area (Å²) in [5.41, 5.74) is -1.18. The van der Waals surface area contributed by atoms with Crippen LogP contribution in [0.4, 0.5) is 9.59 Å². The van der Waals surface area contributed by atoms with Crippen molar-refractivity contribution in [1.29, 1.82) is 0 Å². The van der Waals surface area contributed by atoms with Gasteiger partial charge in [0.2, 0.25) is 0 Å². The maximum atomic E-state index is 12.6. The van der Waals surface area contributed by atoms with Crippen LogP contribution in [-0.2, 0) is 35.0 Å². The molecule has 11 nitrogen and oxygen atoms in total. The molecule has 1 aromatic carbocycles. The lowest BCUT2D eigenvalue weighted by Gasteiger charge is -2.24. The van der Waals surface area contributed by atoms with Gasteiger partial charge in [-0.3, -0.25) is 9.59 Å². The molecule has 1 aromatic rings. The lowest BCUT2D eigenvalue weighted by atomic mass is 9.93. The van der Waals surface area contributed by atoms with Gasteiger partial charge in [0.25, 0.3) is 0 Å². The summed E-state index contributed by atoms with van der Waals surface area (Å²) in [6.07, 6.45) is -0.455. The molecule has 232 valence electrons. The first kappa shape index (κ1) is 35.7. The second-order valence-electron chi connectivity index (χ2n) is 12.1. The summed E-state index contributed by atoms with van der Waals surface area (Å²) >= 11 is 0. The summed E-state index contributed by atoms with van der Waals surface area (Å²) in [6.45, 7) is 16.8. The Morgan fingerprint density at radius 2 is 1.37 bits per heavy atom. The van der Waals surface area contributed by atoms with Crippen LogP contribution >= 0.6 is 0 Å². The van der Waals surface area contributed by atoms with E-state index in [1.165, 1.54) is 19.2 Å². The highest BCUT2D eigenvalue weighted by Gasteiger charge is 2.27. The normalized spacial score (nSPS) is 12.6. The summed E-state index contributed by atoms with van der Waals surface area (Å²) in [5, 5.41) is 3.03. The number of benzene rings is 1. The number of nitrogens with one attached hydrogen (secondary N) is 1. The highest BCUT2D eigenvalue weighted by Crippen LogP contribution is 2.31. The van der Waals surface area contributed by atoms with Crippen LogP contribution in [0.3, 0.4) is 0 Å². The molecule has 0 saturated carbocycles. The van der Waals surface area contributed by atoms with Crippen molar-refractivity contribution in [2.45, 2.75) is 105 Å². The quantitative estimate of drug-likeness (QED) is 0.124. The van der Waals surface area contributed by atoms with Crippen molar-refractivity contribution < 1.29 is 47.6 Å². The van der Waals surface area contributed by atoms with Gasteiger partial charge in [0.15, 0.2) is 11.5 Å². The van der Waals surface area contributed by atoms with Crippen LogP contribution in [0.15, 0.2) is 18.2 Å². The first-order chi connectivity index (χ1) is 18.9. The fraction of sp³-hybridized carbons (Fsp3) is 0.667. The second kappa shape index (κ2) is 15.6. The maximum Gasteiger partial charge on any atom is 0.514 e. The molecule has 0 heterocycles. The summed E-state index contributed by atoms with van der Waals surface area (Å²) < 4.78 is 31.7. The molecular formula is C30H47NO10. The molecule has 0 spiro atoms. The molecule has 0 aromatic heterocycles. The lowest BCUT2D eigenvalue weighted by molar-refractivity contribution is -0.145. The predicted octanol–water partition coefficient (Wildman–Crippen LogP) is 5.75. The number of esters is 2. The summed E-state index contributed by atoms with van der Waals surface area (Å²) in [7, 11) is 1.26. The number of methoxy groups -OCH3 is 1. The molecule has 0 saturated heterocycles. The zero-order valence-electron chi connectivity index (χ0n) is 26.1. The second-order valence-corrected chi connectivity index (χ2v) is 12.1. The van der Waals surface area contributed by atoms with Crippen LogP contribution in [0, 0.1) is 5.41 Å². The maximum absolute atomic E-state index is 12.6. The molecule has 0 amide bonds. The Labute approximate surface area is 243 Å². The molecule has 11 heteroatoms. The Morgan fingerprint density at radius 3 is 1.85 bits per heavy atom. The van der Waals surface area contributed by atoms with E-state index in [2.05, 4.69) is 5.32 Å². The smallest absolute Gasteiger partial charge is 0.468 e. The van der Waals surface area contributed by atoms with Crippen LogP contribution in [0.1, 0.15) is 87.1 Å². The Morgan fingerprint density at radius 1 is 0.829 bits per heavy atom. The zero-order chi connectivity index (χ0) is 31.4. The van der Waals surface area contributed by atoms with E-state index in [0.29, 0.717) is 18.4 Å². The van der Waals surface area contributed by atoms with Crippen molar-refractivity contribution in [3.05, 3.63) is 23.8 Å². The minimum absolute atomic E-state index is 0.0646. The summed E-state index contributed by atoms with van der Waals surface area (Å²) in [6, 6.07) is 3.71. The van der Waals surface area contributed by atoms with E-state index in [9.17, 15) is 19.2 Å². The van der Waals surface area contributed by atoms with Crippen molar-refractivity contribution in [3.8, 4) is 11.5 Å². The molecule has 1 atom stereocenters. The molecule has 0 fully saturated rings. The van der Waals surface area contributed by atoms with Crippen LogP contribution < -0.4 is 14.8 Å². The average Bonchev–Trinajstić information content (AvgIpc) is 2.85. The number of rotatable bonds is 14. The van der Waals surface area contributed by atoms with Crippen LogP contribution in [0.25, 0.3) is 0 Å². The van der Waals surface area contributed by atoms with Crippen LogP contribution in [-0.4, -0.2) is 61.8 Å². The van der Waals surface area contributed by atoms with Gasteiger partial charge in [-0.05, 0) is 70.1 Å². The first-order valence-corrected chi connectivity index (χ1v) is 13.8. The highest BCUT2D eigenvalue weighted by molar-refractivity contribution is 5.76. The van der Waals surface area contributed by atoms with Crippen molar-refractivity contribution >= 4 is 24.2 Å². The number of ether oxygens (including phenoxy) is 6. The van der Waals surface area contributed by atoms with E-state index >= 15 is 0 Å².